The molecule has 28 heavy (non-hydrogen) atoms. The predicted molar refractivity (Wildman–Crippen MR) is 107 cm³/mol. The highest BCUT2D eigenvalue weighted by molar-refractivity contribution is 7.98. The van der Waals surface area contributed by atoms with Crippen LogP contribution in [0.25, 0.3) is 5.69 Å². The molecule has 7 nitrogen and oxygen atoms in total. The molecule has 4 rings (SSSR count). The minimum absolute atomic E-state index is 0.0429. The van der Waals surface area contributed by atoms with E-state index in [1.54, 1.807) is 23.1 Å². The van der Waals surface area contributed by atoms with Crippen molar-refractivity contribution in [2.24, 2.45) is 5.92 Å². The van der Waals surface area contributed by atoms with Gasteiger partial charge in [0.2, 0.25) is 0 Å². The van der Waals surface area contributed by atoms with Gasteiger partial charge in [0.25, 0.3) is 5.91 Å². The standard InChI is InChI=1S/C20H22N6OS/c1-15-8-12-25(13-9-15)19(27)18-17(14-28-20-21-10-5-11-22-20)26(24-23-18)16-6-3-2-4-7-16/h2-7,10-11,15H,8-9,12-14H2,1H3. The Hall–Kier alpha value is -2.74. The number of aromatic nitrogens is 5. The zero-order chi connectivity index (χ0) is 19.3. The number of hydrogen-bond acceptors (Lipinski definition) is 6. The van der Waals surface area contributed by atoms with E-state index in [1.807, 2.05) is 35.2 Å². The van der Waals surface area contributed by atoms with E-state index in [0.717, 1.165) is 37.3 Å². The Labute approximate surface area is 168 Å². The fourth-order valence-electron chi connectivity index (χ4n) is 3.23. The number of hydrogen-bond donors (Lipinski definition) is 0. The highest BCUT2D eigenvalue weighted by atomic mass is 32.2. The fourth-order valence-corrected chi connectivity index (χ4v) is 4.02. The van der Waals surface area contributed by atoms with E-state index in [9.17, 15) is 4.79 Å². The van der Waals surface area contributed by atoms with Crippen molar-refractivity contribution in [1.82, 2.24) is 29.9 Å². The van der Waals surface area contributed by atoms with Gasteiger partial charge in [0.05, 0.1) is 11.4 Å². The Morgan fingerprint density at radius 1 is 1.11 bits per heavy atom. The van der Waals surface area contributed by atoms with E-state index in [0.29, 0.717) is 22.5 Å². The molecule has 1 fully saturated rings. The molecule has 0 bridgehead atoms. The molecule has 0 radical (unpaired) electrons. The molecule has 144 valence electrons. The Morgan fingerprint density at radius 2 is 1.82 bits per heavy atom. The molecular weight excluding hydrogens is 372 g/mol. The summed E-state index contributed by atoms with van der Waals surface area (Å²) >= 11 is 1.47. The van der Waals surface area contributed by atoms with Crippen molar-refractivity contribution in [2.45, 2.75) is 30.7 Å². The molecule has 0 atom stereocenters. The van der Waals surface area contributed by atoms with Gasteiger partial charge in [-0.25, -0.2) is 14.6 Å². The molecule has 1 saturated heterocycles. The van der Waals surface area contributed by atoms with Crippen molar-refractivity contribution in [3.8, 4) is 5.69 Å². The van der Waals surface area contributed by atoms with Gasteiger partial charge in [-0.3, -0.25) is 4.79 Å². The van der Waals surface area contributed by atoms with Crippen LogP contribution in [0.3, 0.4) is 0 Å². The summed E-state index contributed by atoms with van der Waals surface area (Å²) in [6.07, 6.45) is 5.48. The van der Waals surface area contributed by atoms with Crippen molar-refractivity contribution >= 4 is 17.7 Å². The van der Waals surface area contributed by atoms with Crippen molar-refractivity contribution in [1.29, 1.82) is 0 Å². The highest BCUT2D eigenvalue weighted by Gasteiger charge is 2.27. The highest BCUT2D eigenvalue weighted by Crippen LogP contribution is 2.25. The summed E-state index contributed by atoms with van der Waals surface area (Å²) in [5.74, 6) is 1.13. The van der Waals surface area contributed by atoms with E-state index in [2.05, 4.69) is 27.2 Å². The summed E-state index contributed by atoms with van der Waals surface area (Å²) in [5.41, 5.74) is 2.07. The van der Waals surface area contributed by atoms with Crippen LogP contribution in [0.2, 0.25) is 0 Å². The molecule has 8 heteroatoms. The molecule has 2 aromatic heterocycles. The number of nitrogens with zero attached hydrogens (tertiary/aromatic N) is 6. The Morgan fingerprint density at radius 3 is 2.54 bits per heavy atom. The molecular formula is C20H22N6OS. The SMILES string of the molecule is CC1CCN(C(=O)c2nnn(-c3ccccc3)c2CSc2ncccn2)CC1. The van der Waals surface area contributed by atoms with Crippen molar-refractivity contribution in [3.63, 3.8) is 0 Å². The monoisotopic (exact) mass is 394 g/mol. The maximum atomic E-state index is 13.2. The van der Waals surface area contributed by atoms with Gasteiger partial charge in [-0.1, -0.05) is 42.1 Å². The fraction of sp³-hybridized carbons (Fsp3) is 0.350. The number of carbonyl (C=O) groups is 1. The predicted octanol–water partition coefficient (Wildman–Crippen LogP) is 3.22. The molecule has 0 spiro atoms. The van der Waals surface area contributed by atoms with Gasteiger partial charge in [0, 0.05) is 31.2 Å². The summed E-state index contributed by atoms with van der Waals surface area (Å²) in [4.78, 5) is 23.6. The van der Waals surface area contributed by atoms with Gasteiger partial charge in [-0.15, -0.1) is 5.10 Å². The molecule has 1 aromatic carbocycles. The summed E-state index contributed by atoms with van der Waals surface area (Å²) in [5, 5.41) is 9.22. The Kier molecular flexibility index (Phi) is 5.66. The average molecular weight is 395 g/mol. The second kappa shape index (κ2) is 8.52. The van der Waals surface area contributed by atoms with Gasteiger partial charge in [0.15, 0.2) is 10.9 Å². The molecule has 1 aliphatic rings. The average Bonchev–Trinajstić information content (AvgIpc) is 3.17. The summed E-state index contributed by atoms with van der Waals surface area (Å²) in [6, 6.07) is 11.5. The van der Waals surface area contributed by atoms with Gasteiger partial charge in [-0.05, 0) is 37.0 Å². The van der Waals surface area contributed by atoms with Crippen LogP contribution in [0.1, 0.15) is 35.9 Å². The van der Waals surface area contributed by atoms with Crippen LogP contribution in [-0.4, -0.2) is 48.9 Å². The summed E-state index contributed by atoms with van der Waals surface area (Å²) in [7, 11) is 0. The number of likely N-dealkylation sites (tertiary alicyclic amines) is 1. The minimum Gasteiger partial charge on any atom is -0.337 e. The molecule has 0 saturated carbocycles. The maximum Gasteiger partial charge on any atom is 0.276 e. The number of para-hydroxylation sites is 1. The molecule has 0 N–H and O–H groups in total. The van der Waals surface area contributed by atoms with Gasteiger partial charge < -0.3 is 4.90 Å². The topological polar surface area (TPSA) is 76.8 Å². The van der Waals surface area contributed by atoms with Crippen LogP contribution < -0.4 is 0 Å². The number of amides is 1. The van der Waals surface area contributed by atoms with Crippen LogP contribution in [0.4, 0.5) is 0 Å². The lowest BCUT2D eigenvalue weighted by molar-refractivity contribution is 0.0690. The molecule has 1 aliphatic heterocycles. The first-order chi connectivity index (χ1) is 13.7. The Bertz CT molecular complexity index is 922. The normalized spacial score (nSPS) is 15.0. The first-order valence-corrected chi connectivity index (χ1v) is 10.4. The van der Waals surface area contributed by atoms with E-state index < -0.39 is 0 Å². The molecule has 3 heterocycles. The van der Waals surface area contributed by atoms with Crippen LogP contribution >= 0.6 is 11.8 Å². The second-order valence-electron chi connectivity index (χ2n) is 6.93. The number of rotatable bonds is 5. The third kappa shape index (κ3) is 4.06. The summed E-state index contributed by atoms with van der Waals surface area (Å²) in [6.45, 7) is 3.77. The van der Waals surface area contributed by atoms with Crippen LogP contribution in [-0.2, 0) is 5.75 Å². The van der Waals surface area contributed by atoms with E-state index in [1.165, 1.54) is 11.8 Å². The van der Waals surface area contributed by atoms with Gasteiger partial charge in [0.1, 0.15) is 0 Å². The zero-order valence-corrected chi connectivity index (χ0v) is 16.5. The van der Waals surface area contributed by atoms with Gasteiger partial charge >= 0.3 is 0 Å². The molecule has 0 aliphatic carbocycles. The minimum atomic E-state index is -0.0429. The van der Waals surface area contributed by atoms with Crippen molar-refractivity contribution in [2.75, 3.05) is 13.1 Å². The second-order valence-corrected chi connectivity index (χ2v) is 7.87. The quantitative estimate of drug-likeness (QED) is 0.488. The first kappa shape index (κ1) is 18.6. The van der Waals surface area contributed by atoms with E-state index in [-0.39, 0.29) is 5.91 Å². The third-order valence-corrected chi connectivity index (χ3v) is 5.80. The number of carbonyl (C=O) groups excluding carboxylic acids is 1. The summed E-state index contributed by atoms with van der Waals surface area (Å²) < 4.78 is 1.75. The lowest BCUT2D eigenvalue weighted by Crippen LogP contribution is -2.38. The number of thioether (sulfide) groups is 1. The lowest BCUT2D eigenvalue weighted by Gasteiger charge is -2.29. The van der Waals surface area contributed by atoms with E-state index >= 15 is 0 Å². The van der Waals surface area contributed by atoms with Crippen molar-refractivity contribution < 1.29 is 4.79 Å². The van der Waals surface area contributed by atoms with Crippen LogP contribution in [0, 0.1) is 5.92 Å². The van der Waals surface area contributed by atoms with Gasteiger partial charge in [-0.2, -0.15) is 0 Å². The Balaban J connectivity index is 1.63. The largest absolute Gasteiger partial charge is 0.337 e. The van der Waals surface area contributed by atoms with Crippen molar-refractivity contribution in [3.05, 3.63) is 60.2 Å². The smallest absolute Gasteiger partial charge is 0.276 e. The molecule has 3 aromatic rings. The molecule has 0 unspecified atom stereocenters. The first-order valence-electron chi connectivity index (χ1n) is 9.41. The number of piperidine rings is 1. The van der Waals surface area contributed by atoms with E-state index in [4.69, 9.17) is 0 Å². The van der Waals surface area contributed by atoms with Crippen LogP contribution in [0.15, 0.2) is 53.9 Å². The third-order valence-electron chi connectivity index (χ3n) is 4.92. The zero-order valence-electron chi connectivity index (χ0n) is 15.7. The lowest BCUT2D eigenvalue weighted by atomic mass is 9.99. The molecule has 1 amide bonds. The number of benzene rings is 1. The van der Waals surface area contributed by atoms with Crippen LogP contribution in [0.5, 0.6) is 0 Å². The maximum absolute atomic E-state index is 13.2.